The predicted molar refractivity (Wildman–Crippen MR) is 120 cm³/mol. The van der Waals surface area contributed by atoms with Crippen molar-refractivity contribution < 1.29 is 9.32 Å². The molecule has 0 spiro atoms. The molecule has 0 unspecified atom stereocenters. The van der Waals surface area contributed by atoms with Gasteiger partial charge in [-0.25, -0.2) is 4.79 Å². The van der Waals surface area contributed by atoms with Crippen LogP contribution in [-0.4, -0.2) is 73.8 Å². The van der Waals surface area contributed by atoms with Gasteiger partial charge in [-0.15, -0.1) is 0 Å². The molecule has 164 valence electrons. The molecule has 2 fully saturated rings. The van der Waals surface area contributed by atoms with Crippen molar-refractivity contribution in [1.29, 1.82) is 0 Å². The number of benzene rings is 1. The third-order valence-corrected chi connectivity index (χ3v) is 6.71. The number of rotatable bonds is 5. The zero-order valence-electron chi connectivity index (χ0n) is 18.6. The molecular formula is C23H35N5O2. The van der Waals surface area contributed by atoms with Gasteiger partial charge in [0.2, 0.25) is 0 Å². The Balaban J connectivity index is 1.19. The first kappa shape index (κ1) is 21.0. The van der Waals surface area contributed by atoms with Gasteiger partial charge in [0.1, 0.15) is 0 Å². The fourth-order valence-electron chi connectivity index (χ4n) is 4.71. The molecule has 7 nitrogen and oxygen atoms in total. The average molecular weight is 414 g/mol. The van der Waals surface area contributed by atoms with Crippen LogP contribution in [0.3, 0.4) is 0 Å². The van der Waals surface area contributed by atoms with Crippen molar-refractivity contribution in [2.24, 2.45) is 5.92 Å². The molecule has 2 amide bonds. The second-order valence-corrected chi connectivity index (χ2v) is 9.18. The zero-order chi connectivity index (χ0) is 21.1. The Morgan fingerprint density at radius 1 is 1.17 bits per heavy atom. The minimum Gasteiger partial charge on any atom is -0.354 e. The highest BCUT2D eigenvalue weighted by atomic mass is 16.5. The highest BCUT2D eigenvalue weighted by molar-refractivity contribution is 5.89. The lowest BCUT2D eigenvalue weighted by Gasteiger charge is -2.36. The van der Waals surface area contributed by atoms with Gasteiger partial charge in [0.25, 0.3) is 0 Å². The van der Waals surface area contributed by atoms with E-state index in [0.29, 0.717) is 6.04 Å². The quantitative estimate of drug-likeness (QED) is 0.813. The van der Waals surface area contributed by atoms with E-state index in [1.807, 2.05) is 0 Å². The molecule has 0 bridgehead atoms. The summed E-state index contributed by atoms with van der Waals surface area (Å²) in [5, 5.41) is 8.60. The lowest BCUT2D eigenvalue weighted by atomic mass is 9.84. The molecule has 30 heavy (non-hydrogen) atoms. The van der Waals surface area contributed by atoms with Crippen molar-refractivity contribution in [1.82, 2.24) is 20.3 Å². The average Bonchev–Trinajstić information content (AvgIpc) is 3.16. The van der Waals surface area contributed by atoms with Crippen molar-refractivity contribution in [2.75, 3.05) is 51.7 Å². The molecule has 2 aromatic rings. The topological polar surface area (TPSA) is 64.8 Å². The van der Waals surface area contributed by atoms with E-state index in [1.165, 1.54) is 31.4 Å². The Bertz CT molecular complexity index is 848. The van der Waals surface area contributed by atoms with E-state index in [2.05, 4.69) is 45.4 Å². The number of anilines is 1. The molecule has 1 aliphatic carbocycles. The van der Waals surface area contributed by atoms with E-state index >= 15 is 0 Å². The predicted octanol–water partition coefficient (Wildman–Crippen LogP) is 3.48. The molecule has 1 aromatic heterocycles. The number of carbonyl (C=O) groups excluding carboxylic acids is 1. The Morgan fingerprint density at radius 2 is 1.90 bits per heavy atom. The first-order chi connectivity index (χ1) is 14.5. The van der Waals surface area contributed by atoms with Crippen LogP contribution >= 0.6 is 0 Å². The van der Waals surface area contributed by atoms with Gasteiger partial charge in [-0.05, 0) is 69.2 Å². The molecule has 2 heterocycles. The number of nitrogens with one attached hydrogen (secondary N) is 1. The van der Waals surface area contributed by atoms with Gasteiger partial charge in [0.05, 0.1) is 5.39 Å². The van der Waals surface area contributed by atoms with Crippen LogP contribution in [0.4, 0.5) is 10.6 Å². The SMILES string of the molecule is Cc1ccc2c(N3CCN(CCC4CCC(NC(=O)N(C)C)CC4)CC3)noc2c1. The zero-order valence-corrected chi connectivity index (χ0v) is 18.6. The van der Waals surface area contributed by atoms with Crippen LogP contribution in [0.5, 0.6) is 0 Å². The highest BCUT2D eigenvalue weighted by Crippen LogP contribution is 2.29. The number of nitrogens with zero attached hydrogens (tertiary/aromatic N) is 4. The van der Waals surface area contributed by atoms with Crippen molar-refractivity contribution in [3.63, 3.8) is 0 Å². The number of hydrogen-bond donors (Lipinski definition) is 1. The first-order valence-electron chi connectivity index (χ1n) is 11.3. The van der Waals surface area contributed by atoms with Crippen molar-refractivity contribution in [2.45, 2.75) is 45.1 Å². The van der Waals surface area contributed by atoms with Gasteiger partial charge in [-0.2, -0.15) is 0 Å². The fraction of sp³-hybridized carbons (Fsp3) is 0.652. The molecule has 2 aliphatic rings. The van der Waals surface area contributed by atoms with Crippen molar-refractivity contribution in [3.05, 3.63) is 23.8 Å². The van der Waals surface area contributed by atoms with E-state index in [1.54, 1.807) is 19.0 Å². The molecule has 7 heteroatoms. The molecule has 1 saturated carbocycles. The Morgan fingerprint density at radius 3 is 2.60 bits per heavy atom. The fourth-order valence-corrected chi connectivity index (χ4v) is 4.71. The van der Waals surface area contributed by atoms with Gasteiger partial charge in [-0.1, -0.05) is 11.2 Å². The minimum absolute atomic E-state index is 0.0337. The van der Waals surface area contributed by atoms with Crippen molar-refractivity contribution in [3.8, 4) is 0 Å². The molecule has 1 N–H and O–H groups in total. The summed E-state index contributed by atoms with van der Waals surface area (Å²) in [6.07, 6.45) is 5.93. The summed E-state index contributed by atoms with van der Waals surface area (Å²) >= 11 is 0. The van der Waals surface area contributed by atoms with Crippen LogP contribution in [0.25, 0.3) is 11.0 Å². The largest absolute Gasteiger partial charge is 0.354 e. The second-order valence-electron chi connectivity index (χ2n) is 9.18. The van der Waals surface area contributed by atoms with Crippen LogP contribution in [0.15, 0.2) is 22.7 Å². The van der Waals surface area contributed by atoms with Crippen LogP contribution in [0.2, 0.25) is 0 Å². The summed E-state index contributed by atoms with van der Waals surface area (Å²) < 4.78 is 5.55. The number of amides is 2. The molecule has 0 radical (unpaired) electrons. The number of aromatic nitrogens is 1. The monoisotopic (exact) mass is 413 g/mol. The van der Waals surface area contributed by atoms with E-state index < -0.39 is 0 Å². The van der Waals surface area contributed by atoms with E-state index in [9.17, 15) is 4.79 Å². The summed E-state index contributed by atoms with van der Waals surface area (Å²) in [6.45, 7) is 7.40. The van der Waals surface area contributed by atoms with E-state index in [-0.39, 0.29) is 6.03 Å². The summed E-state index contributed by atoms with van der Waals surface area (Å²) in [5.74, 6) is 1.78. The third-order valence-electron chi connectivity index (χ3n) is 6.71. The molecule has 1 saturated heterocycles. The Hall–Kier alpha value is -2.28. The van der Waals surface area contributed by atoms with Gasteiger partial charge < -0.3 is 19.6 Å². The van der Waals surface area contributed by atoms with Crippen LogP contribution in [0, 0.1) is 12.8 Å². The molecule has 0 atom stereocenters. The Labute approximate surface area is 179 Å². The van der Waals surface area contributed by atoms with Crippen LogP contribution < -0.4 is 10.2 Å². The van der Waals surface area contributed by atoms with E-state index in [0.717, 1.165) is 61.7 Å². The maximum absolute atomic E-state index is 11.8. The number of piperazine rings is 1. The lowest BCUT2D eigenvalue weighted by Crippen LogP contribution is -2.47. The number of hydrogen-bond acceptors (Lipinski definition) is 5. The molecule has 1 aliphatic heterocycles. The van der Waals surface area contributed by atoms with Crippen LogP contribution in [-0.2, 0) is 0 Å². The first-order valence-corrected chi connectivity index (χ1v) is 11.3. The maximum Gasteiger partial charge on any atom is 0.317 e. The summed E-state index contributed by atoms with van der Waals surface area (Å²) in [5.41, 5.74) is 2.08. The van der Waals surface area contributed by atoms with Gasteiger partial charge in [0, 0.05) is 46.3 Å². The molecule has 4 rings (SSSR count). The van der Waals surface area contributed by atoms with Gasteiger partial charge >= 0.3 is 6.03 Å². The standard InChI is InChI=1S/C23H35N5O2/c1-17-4-9-20-21(16-17)30-25-22(20)28-14-12-27(13-15-28)11-10-18-5-7-19(8-6-18)24-23(29)26(2)3/h4,9,16,18-19H,5-8,10-15H2,1-3H3,(H,24,29). The summed E-state index contributed by atoms with van der Waals surface area (Å²) in [7, 11) is 3.60. The normalized spacial score (nSPS) is 23.0. The molecule has 1 aromatic carbocycles. The number of urea groups is 1. The number of carbonyl (C=O) groups is 1. The van der Waals surface area contributed by atoms with Crippen molar-refractivity contribution >= 4 is 22.8 Å². The minimum atomic E-state index is 0.0337. The Kier molecular flexibility index (Phi) is 6.46. The van der Waals surface area contributed by atoms with E-state index in [4.69, 9.17) is 4.52 Å². The number of fused-ring (bicyclic) bond motifs is 1. The third kappa shape index (κ3) is 4.89. The second kappa shape index (κ2) is 9.25. The summed E-state index contributed by atoms with van der Waals surface area (Å²) in [4.78, 5) is 18.4. The van der Waals surface area contributed by atoms with Gasteiger partial charge in [0.15, 0.2) is 11.4 Å². The van der Waals surface area contributed by atoms with Crippen LogP contribution in [0.1, 0.15) is 37.7 Å². The maximum atomic E-state index is 11.8. The smallest absolute Gasteiger partial charge is 0.317 e. The lowest BCUT2D eigenvalue weighted by molar-refractivity contribution is 0.194. The molecular weight excluding hydrogens is 378 g/mol. The summed E-state index contributed by atoms with van der Waals surface area (Å²) in [6, 6.07) is 6.69. The highest BCUT2D eigenvalue weighted by Gasteiger charge is 2.25. The van der Waals surface area contributed by atoms with Gasteiger partial charge in [-0.3, -0.25) is 4.90 Å². The number of aryl methyl sites for hydroxylation is 1.